The molecule has 0 spiro atoms. The summed E-state index contributed by atoms with van der Waals surface area (Å²) in [6.45, 7) is 14.3. The summed E-state index contributed by atoms with van der Waals surface area (Å²) in [5, 5.41) is 0. The third-order valence-corrected chi connectivity index (χ3v) is 4.25. The number of hydrogen-bond donors (Lipinski definition) is 0. The molecule has 0 N–H and O–H groups in total. The second-order valence-electron chi connectivity index (χ2n) is 7.53. The van der Waals surface area contributed by atoms with Gasteiger partial charge in [0.25, 0.3) is 0 Å². The normalized spacial score (nSPS) is 30.5. The summed E-state index contributed by atoms with van der Waals surface area (Å²) in [6.07, 6.45) is 1.38. The van der Waals surface area contributed by atoms with Crippen molar-refractivity contribution in [3.05, 3.63) is 0 Å². The zero-order valence-electron chi connectivity index (χ0n) is 16.7. The molecular weight excluding hydrogens is 348 g/mol. The smallest absolute Gasteiger partial charge is 0.226 e. The fraction of sp³-hybridized carbons (Fsp3) is 0.905. The molecule has 6 heteroatoms. The minimum absolute atomic E-state index is 0. The molecule has 0 saturated carbocycles. The van der Waals surface area contributed by atoms with Crippen molar-refractivity contribution in [3.8, 4) is 0 Å². The van der Waals surface area contributed by atoms with E-state index < -0.39 is 12.1 Å². The van der Waals surface area contributed by atoms with E-state index in [2.05, 4.69) is 0 Å². The quantitative estimate of drug-likeness (QED) is 0.709. The Morgan fingerprint density at radius 2 is 1.48 bits per heavy atom. The molecule has 2 rings (SSSR count). The summed E-state index contributed by atoms with van der Waals surface area (Å²) in [5.41, 5.74) is 0. The Kier molecular flexibility index (Phi) is 13.3. The third-order valence-electron chi connectivity index (χ3n) is 4.25. The van der Waals surface area contributed by atoms with Crippen molar-refractivity contribution >= 4 is 11.6 Å². The molecule has 0 bridgehead atoms. The van der Waals surface area contributed by atoms with Crippen LogP contribution in [0.3, 0.4) is 0 Å². The van der Waals surface area contributed by atoms with Crippen molar-refractivity contribution < 1.29 is 28.5 Å². The van der Waals surface area contributed by atoms with Gasteiger partial charge in [-0.05, 0) is 33.6 Å². The van der Waals surface area contributed by atoms with Crippen molar-refractivity contribution in [1.29, 1.82) is 0 Å². The number of ketones is 2. The number of ether oxygens (including phenoxy) is 4. The molecule has 2 saturated heterocycles. The molecule has 162 valence electrons. The summed E-state index contributed by atoms with van der Waals surface area (Å²) in [6, 6.07) is 0. The molecule has 0 aromatic carbocycles. The van der Waals surface area contributed by atoms with E-state index in [4.69, 9.17) is 18.9 Å². The van der Waals surface area contributed by atoms with Gasteiger partial charge in [0.15, 0.2) is 11.6 Å². The molecule has 2 aliphatic heterocycles. The summed E-state index contributed by atoms with van der Waals surface area (Å²) in [5.74, 6) is -0.998. The van der Waals surface area contributed by atoms with E-state index >= 15 is 0 Å². The van der Waals surface area contributed by atoms with Gasteiger partial charge in [-0.2, -0.15) is 0 Å². The minimum atomic E-state index is -1.01. The Balaban J connectivity index is 0. The van der Waals surface area contributed by atoms with Gasteiger partial charge in [0, 0.05) is 11.8 Å². The molecule has 0 radical (unpaired) electrons. The van der Waals surface area contributed by atoms with E-state index in [1.165, 1.54) is 0 Å². The van der Waals surface area contributed by atoms with Gasteiger partial charge in [-0.3, -0.25) is 9.59 Å². The maximum absolute atomic E-state index is 11.7. The predicted octanol–water partition coefficient (Wildman–Crippen LogP) is 4.39. The second-order valence-corrected chi connectivity index (χ2v) is 7.53. The van der Waals surface area contributed by atoms with Gasteiger partial charge in [-0.25, -0.2) is 0 Å². The van der Waals surface area contributed by atoms with Crippen LogP contribution in [0.2, 0.25) is 0 Å². The Bertz CT molecular complexity index is 448. The van der Waals surface area contributed by atoms with Crippen molar-refractivity contribution in [3.63, 3.8) is 0 Å². The van der Waals surface area contributed by atoms with Gasteiger partial charge in [-0.1, -0.05) is 42.5 Å². The molecule has 27 heavy (non-hydrogen) atoms. The van der Waals surface area contributed by atoms with Crippen LogP contribution >= 0.6 is 0 Å². The molecule has 4 atom stereocenters. The van der Waals surface area contributed by atoms with Crippen LogP contribution in [-0.4, -0.2) is 49.1 Å². The lowest BCUT2D eigenvalue weighted by atomic mass is 10.0. The maximum Gasteiger partial charge on any atom is 0.226 e. The Morgan fingerprint density at radius 1 is 0.926 bits per heavy atom. The third kappa shape index (κ3) is 8.81. The predicted molar refractivity (Wildman–Crippen MR) is 108 cm³/mol. The average molecular weight is 391 g/mol. The van der Waals surface area contributed by atoms with Crippen LogP contribution < -0.4 is 0 Å². The first-order valence-corrected chi connectivity index (χ1v) is 9.23. The monoisotopic (exact) mass is 390 g/mol. The zero-order valence-corrected chi connectivity index (χ0v) is 16.7. The molecular formula is C21H42O6. The van der Waals surface area contributed by atoms with Crippen LogP contribution in [0.25, 0.3) is 0 Å². The first-order valence-electron chi connectivity index (χ1n) is 9.23. The van der Waals surface area contributed by atoms with Crippen LogP contribution in [0.4, 0.5) is 0 Å². The van der Waals surface area contributed by atoms with Gasteiger partial charge >= 0.3 is 0 Å². The van der Waals surface area contributed by atoms with E-state index in [1.807, 2.05) is 41.5 Å². The molecule has 6 nitrogen and oxygen atoms in total. The molecule has 2 heterocycles. The molecule has 0 aromatic rings. The van der Waals surface area contributed by atoms with Crippen LogP contribution in [0, 0.1) is 11.8 Å². The number of hydrogen-bond acceptors (Lipinski definition) is 6. The van der Waals surface area contributed by atoms with Gasteiger partial charge in [0.1, 0.15) is 0 Å². The number of Topliss-reactive ketones (excluding diaryl/α,β-unsaturated/α-hetero) is 2. The molecule has 0 aliphatic carbocycles. The standard InChI is InChI=1S/C10H18O3.C9H16O3.2CH4/c1-7(2)9(11)10(4)12-6-5-8(3)13-10;1-6(2)8(10)9-11-5-4-7(3)12-9;;/h7-8H,5-6H2,1-4H3;6-7,9H,4-5H2,1-3H3;2*1H4. The van der Waals surface area contributed by atoms with Crippen molar-refractivity contribution in [2.45, 2.75) is 100 Å². The summed E-state index contributed by atoms with van der Waals surface area (Å²) < 4.78 is 21.4. The SMILES string of the molecule is C.C.CC1CCOC(C(=O)C(C)C)O1.CC1CCOC(C)(C(=O)C(C)C)O1. The van der Waals surface area contributed by atoms with Crippen molar-refractivity contribution in [2.24, 2.45) is 11.8 Å². The summed E-state index contributed by atoms with van der Waals surface area (Å²) in [4.78, 5) is 23.1. The van der Waals surface area contributed by atoms with Crippen molar-refractivity contribution in [2.75, 3.05) is 13.2 Å². The van der Waals surface area contributed by atoms with Gasteiger partial charge in [-0.15, -0.1) is 0 Å². The average Bonchev–Trinajstić information content (AvgIpc) is 2.53. The highest BCUT2D eigenvalue weighted by Crippen LogP contribution is 2.26. The van der Waals surface area contributed by atoms with Crippen LogP contribution in [-0.2, 0) is 28.5 Å². The highest BCUT2D eigenvalue weighted by atomic mass is 16.7. The summed E-state index contributed by atoms with van der Waals surface area (Å²) in [7, 11) is 0. The van der Waals surface area contributed by atoms with E-state index in [-0.39, 0.29) is 50.5 Å². The largest absolute Gasteiger partial charge is 0.346 e. The second kappa shape index (κ2) is 12.6. The highest BCUT2D eigenvalue weighted by molar-refractivity contribution is 5.87. The molecule has 2 aliphatic rings. The Hall–Kier alpha value is -0.820. The van der Waals surface area contributed by atoms with Crippen LogP contribution in [0.5, 0.6) is 0 Å². The maximum atomic E-state index is 11.7. The number of rotatable bonds is 4. The van der Waals surface area contributed by atoms with Gasteiger partial charge < -0.3 is 18.9 Å². The molecule has 2 fully saturated rings. The minimum Gasteiger partial charge on any atom is -0.346 e. The van der Waals surface area contributed by atoms with Crippen molar-refractivity contribution in [1.82, 2.24) is 0 Å². The first kappa shape index (κ1) is 28.4. The Morgan fingerprint density at radius 3 is 1.93 bits per heavy atom. The fourth-order valence-corrected chi connectivity index (χ4v) is 2.63. The highest BCUT2D eigenvalue weighted by Gasteiger charge is 2.40. The Labute approximate surface area is 166 Å². The lowest BCUT2D eigenvalue weighted by Crippen LogP contribution is -2.49. The molecule has 4 unspecified atom stereocenters. The lowest BCUT2D eigenvalue weighted by molar-refractivity contribution is -0.266. The van der Waals surface area contributed by atoms with E-state index in [1.54, 1.807) is 6.92 Å². The van der Waals surface area contributed by atoms with Crippen LogP contribution in [0.1, 0.15) is 76.2 Å². The zero-order chi connectivity index (χ0) is 19.2. The van der Waals surface area contributed by atoms with E-state index in [0.29, 0.717) is 13.2 Å². The number of carbonyl (C=O) groups excluding carboxylic acids is 2. The fourth-order valence-electron chi connectivity index (χ4n) is 2.63. The number of carbonyl (C=O) groups is 2. The van der Waals surface area contributed by atoms with Gasteiger partial charge in [0.2, 0.25) is 12.1 Å². The molecule has 0 aromatic heterocycles. The topological polar surface area (TPSA) is 71.1 Å². The van der Waals surface area contributed by atoms with E-state index in [0.717, 1.165) is 12.8 Å². The first-order chi connectivity index (χ1) is 11.6. The van der Waals surface area contributed by atoms with Crippen LogP contribution in [0.15, 0.2) is 0 Å². The lowest BCUT2D eigenvalue weighted by Gasteiger charge is -2.36. The van der Waals surface area contributed by atoms with Gasteiger partial charge in [0.05, 0.1) is 25.4 Å². The molecule has 0 amide bonds. The van der Waals surface area contributed by atoms with E-state index in [9.17, 15) is 9.59 Å². The summed E-state index contributed by atoms with van der Waals surface area (Å²) >= 11 is 0.